The Hall–Kier alpha value is 1.10. The molecule has 0 spiro atoms. The molecule has 0 aromatic rings. The number of thioether (sulfide) groups is 1. The summed E-state index contributed by atoms with van der Waals surface area (Å²) >= 11 is 9.83. The summed E-state index contributed by atoms with van der Waals surface area (Å²) in [5.41, 5.74) is 0. The van der Waals surface area contributed by atoms with Crippen LogP contribution in [0, 0.1) is 0 Å². The number of rotatable bonds is 1. The van der Waals surface area contributed by atoms with E-state index in [2.05, 4.69) is 15.9 Å². The highest BCUT2D eigenvalue weighted by Gasteiger charge is 2.29. The first-order valence-electron chi connectivity index (χ1n) is 2.55. The van der Waals surface area contributed by atoms with Crippen LogP contribution in [0.2, 0.25) is 0 Å². The van der Waals surface area contributed by atoms with Crippen LogP contribution in [0.15, 0.2) is 8.72 Å². The molecule has 7 heteroatoms. The van der Waals surface area contributed by atoms with E-state index in [0.29, 0.717) is 10.9 Å². The van der Waals surface area contributed by atoms with Gasteiger partial charge in [0.1, 0.15) is 4.24 Å². The summed E-state index contributed by atoms with van der Waals surface area (Å²) in [6.07, 6.45) is 0.507. The fraction of sp³-hybridized carbons (Fsp3) is 0.500. The fourth-order valence-electron chi connectivity index (χ4n) is 0.636. The van der Waals surface area contributed by atoms with Gasteiger partial charge in [-0.3, -0.25) is 0 Å². The van der Waals surface area contributed by atoms with Crippen molar-refractivity contribution in [3.63, 3.8) is 0 Å². The molecule has 1 aliphatic rings. The molecule has 0 aliphatic carbocycles. The molecule has 0 radical (unpaired) electrons. The lowest BCUT2D eigenvalue weighted by molar-refractivity contribution is 0.616. The number of hydrogen-bond donors (Lipinski definition) is 0. The number of alkyl halides is 1. The van der Waals surface area contributed by atoms with E-state index >= 15 is 0 Å². The van der Waals surface area contributed by atoms with Gasteiger partial charge >= 0.3 is 0 Å². The van der Waals surface area contributed by atoms with Gasteiger partial charge in [-0.1, -0.05) is 27.7 Å². The van der Waals surface area contributed by atoms with Gasteiger partial charge in [-0.25, -0.2) is 8.42 Å². The summed E-state index contributed by atoms with van der Waals surface area (Å²) in [7, 11) is 1.50. The average Bonchev–Trinajstić information content (AvgIpc) is 2.08. The maximum atomic E-state index is 10.8. The minimum absolute atomic E-state index is 0.138. The molecule has 64 valence electrons. The van der Waals surface area contributed by atoms with Gasteiger partial charge in [0.25, 0.3) is 9.05 Å². The van der Waals surface area contributed by atoms with E-state index in [9.17, 15) is 8.42 Å². The van der Waals surface area contributed by atoms with Crippen molar-refractivity contribution in [3.05, 3.63) is 8.72 Å². The maximum Gasteiger partial charge on any atom is 0.268 e. The van der Waals surface area contributed by atoms with Crippen molar-refractivity contribution < 1.29 is 8.42 Å². The molecule has 1 rings (SSSR count). The quantitative estimate of drug-likeness (QED) is 0.551. The van der Waals surface area contributed by atoms with Gasteiger partial charge in [0, 0.05) is 21.6 Å². The molecule has 1 aliphatic heterocycles. The average molecular weight is 298 g/mol. The van der Waals surface area contributed by atoms with Crippen molar-refractivity contribution in [2.45, 2.75) is 11.1 Å². The molecular weight excluding hydrogens is 295 g/mol. The lowest BCUT2D eigenvalue weighted by Crippen LogP contribution is -1.88. The van der Waals surface area contributed by atoms with Crippen molar-refractivity contribution in [1.82, 2.24) is 0 Å². The normalized spacial score (nSPS) is 26.3. The smallest absolute Gasteiger partial charge is 0.206 e. The monoisotopic (exact) mass is 296 g/mol. The third-order valence-electron chi connectivity index (χ3n) is 1.02. The molecule has 0 fully saturated rings. The minimum Gasteiger partial charge on any atom is -0.206 e. The first kappa shape index (κ1) is 10.2. The van der Waals surface area contributed by atoms with E-state index in [1.807, 2.05) is 0 Å². The van der Waals surface area contributed by atoms with Crippen LogP contribution in [0.3, 0.4) is 0 Å². The summed E-state index contributed by atoms with van der Waals surface area (Å²) in [6.45, 7) is 0. The van der Waals surface area contributed by atoms with Crippen LogP contribution in [-0.4, -0.2) is 13.1 Å². The summed E-state index contributed by atoms with van der Waals surface area (Å²) in [6, 6.07) is 0. The second kappa shape index (κ2) is 3.46. The first-order chi connectivity index (χ1) is 4.91. The van der Waals surface area contributed by atoms with Crippen molar-refractivity contribution in [2.75, 3.05) is 0 Å². The molecule has 0 bridgehead atoms. The van der Waals surface area contributed by atoms with Gasteiger partial charge in [-0.05, 0) is 0 Å². The number of halogens is 3. The van der Waals surface area contributed by atoms with Gasteiger partial charge in [-0.15, -0.1) is 11.6 Å². The Labute approximate surface area is 86.9 Å². The zero-order valence-corrected chi connectivity index (χ0v) is 9.78. The lowest BCUT2D eigenvalue weighted by atomic mass is 10.5. The highest BCUT2D eigenvalue weighted by molar-refractivity contribution is 9.12. The van der Waals surface area contributed by atoms with Crippen LogP contribution in [0.25, 0.3) is 0 Å². The molecule has 2 nitrogen and oxygen atoms in total. The topological polar surface area (TPSA) is 34.1 Å². The Balaban J connectivity index is 2.99. The molecule has 0 amide bonds. The minimum atomic E-state index is -3.60. The molecule has 0 aromatic heterocycles. The van der Waals surface area contributed by atoms with Crippen molar-refractivity contribution in [1.29, 1.82) is 0 Å². The largest absolute Gasteiger partial charge is 0.268 e. The van der Waals surface area contributed by atoms with Gasteiger partial charge < -0.3 is 0 Å². The Morgan fingerprint density at radius 3 is 2.36 bits per heavy atom. The highest BCUT2D eigenvalue weighted by atomic mass is 79.9. The lowest BCUT2D eigenvalue weighted by Gasteiger charge is -1.95. The third kappa shape index (κ3) is 2.52. The van der Waals surface area contributed by atoms with Crippen LogP contribution >= 0.6 is 50.0 Å². The standard InChI is InChI=1S/C4H3BrCl2O2S2/c5-2-1-3(6)10-4(2)11(7,8)9/h3H,1H2. The highest BCUT2D eigenvalue weighted by Crippen LogP contribution is 2.46. The van der Waals surface area contributed by atoms with Crippen LogP contribution in [-0.2, 0) is 9.05 Å². The van der Waals surface area contributed by atoms with E-state index in [4.69, 9.17) is 22.3 Å². The second-order valence-corrected chi connectivity index (χ2v) is 7.58. The molecule has 11 heavy (non-hydrogen) atoms. The molecule has 1 atom stereocenters. The van der Waals surface area contributed by atoms with Gasteiger partial charge in [0.15, 0.2) is 0 Å². The molecular formula is C4H3BrCl2O2S2. The predicted octanol–water partition coefficient (Wildman–Crippen LogP) is 2.82. The second-order valence-electron chi connectivity index (χ2n) is 1.86. The van der Waals surface area contributed by atoms with Crippen LogP contribution in [0.5, 0.6) is 0 Å². The zero-order chi connectivity index (χ0) is 8.65. The zero-order valence-electron chi connectivity index (χ0n) is 5.05. The fourth-order valence-corrected chi connectivity index (χ4v) is 5.60. The van der Waals surface area contributed by atoms with E-state index in [-0.39, 0.29) is 8.95 Å². The van der Waals surface area contributed by atoms with Crippen molar-refractivity contribution in [3.8, 4) is 0 Å². The van der Waals surface area contributed by atoms with Crippen LogP contribution in [0.1, 0.15) is 6.42 Å². The van der Waals surface area contributed by atoms with Gasteiger partial charge in [-0.2, -0.15) is 0 Å². The van der Waals surface area contributed by atoms with Crippen LogP contribution in [0.4, 0.5) is 0 Å². The molecule has 0 saturated carbocycles. The molecule has 0 saturated heterocycles. The van der Waals surface area contributed by atoms with E-state index in [0.717, 1.165) is 11.8 Å². The van der Waals surface area contributed by atoms with E-state index < -0.39 is 9.05 Å². The molecule has 0 N–H and O–H groups in total. The number of hydrogen-bond acceptors (Lipinski definition) is 3. The van der Waals surface area contributed by atoms with E-state index in [1.54, 1.807) is 0 Å². The SMILES string of the molecule is O=S(=O)(Cl)C1=C(Br)CC(Cl)S1. The van der Waals surface area contributed by atoms with Gasteiger partial charge in [0.05, 0.1) is 4.71 Å². The molecule has 1 heterocycles. The molecule has 1 unspecified atom stereocenters. The predicted molar refractivity (Wildman–Crippen MR) is 52.6 cm³/mol. The Bertz CT molecular complexity index is 297. The van der Waals surface area contributed by atoms with E-state index in [1.165, 1.54) is 0 Å². The first-order valence-corrected chi connectivity index (χ1v) is 6.97. The summed E-state index contributed by atoms with van der Waals surface area (Å²) in [5, 5.41) is 0. The van der Waals surface area contributed by atoms with Crippen molar-refractivity contribution >= 4 is 59.0 Å². The Kier molecular flexibility index (Phi) is 3.20. The summed E-state index contributed by atoms with van der Waals surface area (Å²) in [5.74, 6) is 0. The molecule has 0 aromatic carbocycles. The summed E-state index contributed by atoms with van der Waals surface area (Å²) in [4.78, 5) is 0. The third-order valence-corrected chi connectivity index (χ3v) is 5.94. The van der Waals surface area contributed by atoms with Crippen LogP contribution < -0.4 is 0 Å². The van der Waals surface area contributed by atoms with Crippen molar-refractivity contribution in [2.24, 2.45) is 0 Å². The van der Waals surface area contributed by atoms with Gasteiger partial charge in [0.2, 0.25) is 0 Å². The Morgan fingerprint density at radius 2 is 2.18 bits per heavy atom. The number of allylic oxidation sites excluding steroid dienone is 1. The maximum absolute atomic E-state index is 10.8. The Morgan fingerprint density at radius 1 is 1.64 bits per heavy atom. The summed E-state index contributed by atoms with van der Waals surface area (Å²) < 4.78 is 22.1.